The van der Waals surface area contributed by atoms with Gasteiger partial charge in [-0.25, -0.2) is 0 Å². The summed E-state index contributed by atoms with van der Waals surface area (Å²) in [6, 6.07) is 13.8. The summed E-state index contributed by atoms with van der Waals surface area (Å²) in [7, 11) is 1.33. The quantitative estimate of drug-likeness (QED) is 0.503. The molecule has 1 aromatic heterocycles. The Bertz CT molecular complexity index is 1280. The van der Waals surface area contributed by atoms with Crippen LogP contribution in [0.3, 0.4) is 0 Å². The summed E-state index contributed by atoms with van der Waals surface area (Å²) in [5.41, 5.74) is 4.06. The number of para-hydroxylation sites is 1. The zero-order valence-electron chi connectivity index (χ0n) is 18.6. The number of amides is 2. The van der Waals surface area contributed by atoms with Gasteiger partial charge >= 0.3 is 5.97 Å². The molecule has 2 amide bonds. The second-order valence-electron chi connectivity index (χ2n) is 7.79. The van der Waals surface area contributed by atoms with Crippen molar-refractivity contribution < 1.29 is 19.1 Å². The van der Waals surface area contributed by atoms with Crippen LogP contribution in [-0.2, 0) is 32.1 Å². The van der Waals surface area contributed by atoms with E-state index in [1.165, 1.54) is 35.8 Å². The fourth-order valence-corrected chi connectivity index (χ4v) is 5.66. The van der Waals surface area contributed by atoms with Crippen molar-refractivity contribution in [2.75, 3.05) is 30.1 Å². The molecule has 172 valence electrons. The van der Waals surface area contributed by atoms with Gasteiger partial charge in [0.1, 0.15) is 6.54 Å². The topological polar surface area (TPSA) is 81.0 Å². The molecule has 0 saturated carbocycles. The lowest BCUT2D eigenvalue weighted by Crippen LogP contribution is -2.36. The fraction of sp³-hybridized carbons (Fsp3) is 0.333. The molecule has 0 bridgehead atoms. The van der Waals surface area contributed by atoms with Crippen LogP contribution in [0.1, 0.15) is 17.5 Å². The molecule has 2 aromatic carbocycles. The van der Waals surface area contributed by atoms with Gasteiger partial charge in [0.2, 0.25) is 5.91 Å². The van der Waals surface area contributed by atoms with E-state index in [0.29, 0.717) is 11.3 Å². The van der Waals surface area contributed by atoms with Crippen LogP contribution in [-0.4, -0.2) is 47.5 Å². The van der Waals surface area contributed by atoms with Gasteiger partial charge in [-0.3, -0.25) is 14.4 Å². The highest BCUT2D eigenvalue weighted by molar-refractivity contribution is 8.00. The number of methoxy groups -OCH3 is 1. The molecular weight excluding hydrogens is 458 g/mol. The Balaban J connectivity index is 1.45. The maximum atomic E-state index is 12.8. The lowest BCUT2D eigenvalue weighted by molar-refractivity contribution is -0.141. The standard InChI is InChI=1S/C24H25N3O4S2/c1-16-9-10-19-20(12-16)33-24(27(19)13-23(30)31-2)25-21(28)14-32-15-22(29)26-11-5-7-17-6-3-4-8-18(17)26/h3-4,6,8-10,12H,5,7,11,13-15H2,1-2H3. The molecule has 3 aromatic rings. The van der Waals surface area contributed by atoms with Crippen LogP contribution in [0.5, 0.6) is 0 Å². The molecule has 1 aliphatic rings. The molecule has 4 rings (SSSR count). The molecule has 0 saturated heterocycles. The zero-order valence-corrected chi connectivity index (χ0v) is 20.2. The van der Waals surface area contributed by atoms with Crippen LogP contribution in [0, 0.1) is 6.92 Å². The molecular formula is C24H25N3O4S2. The third-order valence-electron chi connectivity index (χ3n) is 5.44. The van der Waals surface area contributed by atoms with E-state index in [1.807, 2.05) is 48.2 Å². The molecule has 0 unspecified atom stereocenters. The largest absolute Gasteiger partial charge is 0.468 e. The fourth-order valence-electron chi connectivity index (χ4n) is 3.85. The number of nitrogens with zero attached hydrogens (tertiary/aromatic N) is 3. The van der Waals surface area contributed by atoms with E-state index in [4.69, 9.17) is 4.74 Å². The number of ether oxygens (including phenoxy) is 1. The molecule has 0 radical (unpaired) electrons. The van der Waals surface area contributed by atoms with Crippen molar-refractivity contribution in [3.63, 3.8) is 0 Å². The van der Waals surface area contributed by atoms with Gasteiger partial charge in [0.05, 0.1) is 28.8 Å². The van der Waals surface area contributed by atoms with Crippen LogP contribution in [0.25, 0.3) is 10.2 Å². The van der Waals surface area contributed by atoms with E-state index < -0.39 is 5.97 Å². The molecule has 1 aliphatic heterocycles. The summed E-state index contributed by atoms with van der Waals surface area (Å²) in [4.78, 5) is 43.8. The van der Waals surface area contributed by atoms with Crippen molar-refractivity contribution in [3.05, 3.63) is 58.4 Å². The van der Waals surface area contributed by atoms with E-state index in [2.05, 4.69) is 11.1 Å². The number of carbonyl (C=O) groups excluding carboxylic acids is 3. The first-order valence-electron chi connectivity index (χ1n) is 10.7. The monoisotopic (exact) mass is 483 g/mol. The molecule has 0 N–H and O–H groups in total. The Morgan fingerprint density at radius 3 is 2.79 bits per heavy atom. The number of benzene rings is 2. The molecule has 7 nitrogen and oxygen atoms in total. The van der Waals surface area contributed by atoms with Crippen molar-refractivity contribution in [1.82, 2.24) is 4.57 Å². The minimum absolute atomic E-state index is 0.00181. The maximum absolute atomic E-state index is 12.8. The Morgan fingerprint density at radius 2 is 1.97 bits per heavy atom. The smallest absolute Gasteiger partial charge is 0.325 e. The Labute approximate surface area is 200 Å². The molecule has 0 atom stereocenters. The molecule has 0 aliphatic carbocycles. The van der Waals surface area contributed by atoms with Gasteiger partial charge in [0, 0.05) is 12.2 Å². The van der Waals surface area contributed by atoms with Gasteiger partial charge in [0.15, 0.2) is 4.80 Å². The molecule has 0 fully saturated rings. The van der Waals surface area contributed by atoms with Crippen molar-refractivity contribution in [3.8, 4) is 0 Å². The minimum atomic E-state index is -0.411. The second-order valence-corrected chi connectivity index (χ2v) is 9.79. The molecule has 33 heavy (non-hydrogen) atoms. The Hall–Kier alpha value is -2.91. The predicted octanol–water partition coefficient (Wildman–Crippen LogP) is 3.32. The van der Waals surface area contributed by atoms with E-state index in [9.17, 15) is 14.4 Å². The van der Waals surface area contributed by atoms with Gasteiger partial charge in [-0.2, -0.15) is 4.99 Å². The van der Waals surface area contributed by atoms with Crippen molar-refractivity contribution in [2.45, 2.75) is 26.3 Å². The first kappa shape index (κ1) is 23.3. The summed E-state index contributed by atoms with van der Waals surface area (Å²) in [5.74, 6) is -0.450. The number of anilines is 1. The average Bonchev–Trinajstić information content (AvgIpc) is 3.13. The number of hydrogen-bond donors (Lipinski definition) is 0. The third kappa shape index (κ3) is 5.36. The first-order chi connectivity index (χ1) is 16.0. The van der Waals surface area contributed by atoms with Crippen LogP contribution in [0.4, 0.5) is 5.69 Å². The van der Waals surface area contributed by atoms with Crippen LogP contribution >= 0.6 is 23.1 Å². The number of carbonyl (C=O) groups is 3. The number of thioether (sulfide) groups is 1. The number of hydrogen-bond acceptors (Lipinski definition) is 6. The molecule has 2 heterocycles. The van der Waals surface area contributed by atoms with Gasteiger partial charge in [-0.1, -0.05) is 35.6 Å². The number of esters is 1. The van der Waals surface area contributed by atoms with Crippen molar-refractivity contribution in [1.29, 1.82) is 0 Å². The van der Waals surface area contributed by atoms with E-state index in [-0.39, 0.29) is 29.9 Å². The highest BCUT2D eigenvalue weighted by Crippen LogP contribution is 2.27. The molecule has 0 spiro atoms. The van der Waals surface area contributed by atoms with Gasteiger partial charge in [0.25, 0.3) is 5.91 Å². The predicted molar refractivity (Wildman–Crippen MR) is 132 cm³/mol. The Kier molecular flexibility index (Phi) is 7.29. The summed E-state index contributed by atoms with van der Waals surface area (Å²) in [6.07, 6.45) is 1.91. The second kappa shape index (κ2) is 10.4. The van der Waals surface area contributed by atoms with E-state index >= 15 is 0 Å². The number of thiazole rings is 1. The number of fused-ring (bicyclic) bond motifs is 2. The highest BCUT2D eigenvalue weighted by Gasteiger charge is 2.22. The van der Waals surface area contributed by atoms with E-state index in [0.717, 1.165) is 34.3 Å². The minimum Gasteiger partial charge on any atom is -0.468 e. The highest BCUT2D eigenvalue weighted by atomic mass is 32.2. The number of rotatable bonds is 6. The first-order valence-corrected chi connectivity index (χ1v) is 12.6. The number of aromatic nitrogens is 1. The van der Waals surface area contributed by atoms with Gasteiger partial charge in [-0.15, -0.1) is 11.8 Å². The van der Waals surface area contributed by atoms with E-state index in [1.54, 1.807) is 4.57 Å². The van der Waals surface area contributed by atoms with Crippen LogP contribution in [0.2, 0.25) is 0 Å². The van der Waals surface area contributed by atoms with Crippen molar-refractivity contribution in [2.24, 2.45) is 4.99 Å². The summed E-state index contributed by atoms with van der Waals surface area (Å²) in [5, 5.41) is 0. The average molecular weight is 484 g/mol. The van der Waals surface area contributed by atoms with Crippen LogP contribution < -0.4 is 9.70 Å². The zero-order chi connectivity index (χ0) is 23.4. The SMILES string of the molecule is COC(=O)Cn1c(=NC(=O)CSCC(=O)N2CCCc3ccccc32)sc2cc(C)ccc21. The summed E-state index contributed by atoms with van der Waals surface area (Å²) >= 11 is 2.62. The third-order valence-corrected chi connectivity index (χ3v) is 7.38. The van der Waals surface area contributed by atoms with Crippen LogP contribution in [0.15, 0.2) is 47.5 Å². The van der Waals surface area contributed by atoms with Gasteiger partial charge in [-0.05, 0) is 49.1 Å². The maximum Gasteiger partial charge on any atom is 0.325 e. The van der Waals surface area contributed by atoms with Gasteiger partial charge < -0.3 is 14.2 Å². The normalized spacial score (nSPS) is 13.8. The molecule has 9 heteroatoms. The Morgan fingerprint density at radius 1 is 1.15 bits per heavy atom. The summed E-state index contributed by atoms with van der Waals surface area (Å²) in [6.45, 7) is 2.66. The lowest BCUT2D eigenvalue weighted by atomic mass is 10.0. The number of aryl methyl sites for hydroxylation is 2. The summed E-state index contributed by atoms with van der Waals surface area (Å²) < 4.78 is 7.44. The van der Waals surface area contributed by atoms with Crippen molar-refractivity contribution >= 4 is 56.8 Å². The lowest BCUT2D eigenvalue weighted by Gasteiger charge is -2.29.